The lowest BCUT2D eigenvalue weighted by Gasteiger charge is -2.11. The van der Waals surface area contributed by atoms with Crippen LogP contribution < -0.4 is 11.1 Å². The fraction of sp³-hybridized carbons (Fsp3) is 0.214. The van der Waals surface area contributed by atoms with Crippen molar-refractivity contribution in [2.75, 3.05) is 0 Å². The summed E-state index contributed by atoms with van der Waals surface area (Å²) in [6, 6.07) is 4.95. The van der Waals surface area contributed by atoms with E-state index in [1.165, 1.54) is 24.3 Å². The maximum absolute atomic E-state index is 11.6. The lowest BCUT2D eigenvalue weighted by atomic mass is 10.1. The summed E-state index contributed by atoms with van der Waals surface area (Å²) in [5.74, 6) is -2.35. The summed E-state index contributed by atoms with van der Waals surface area (Å²) in [5, 5.41) is 20.3. The number of amides is 2. The number of benzene rings is 1. The summed E-state index contributed by atoms with van der Waals surface area (Å²) in [4.78, 5) is 33.2. The Balaban J connectivity index is 2.59. The zero-order valence-corrected chi connectivity index (χ0v) is 11.2. The van der Waals surface area contributed by atoms with Crippen molar-refractivity contribution in [3.05, 3.63) is 35.9 Å². The number of primary amides is 1. The molecular formula is C14H16N2O5. The number of carboxylic acids is 1. The predicted octanol–water partition coefficient (Wildman–Crippen LogP) is 0.240. The quantitative estimate of drug-likeness (QED) is 0.535. The molecule has 0 bridgehead atoms. The molecule has 7 nitrogen and oxygen atoms in total. The average molecular weight is 292 g/mol. The zero-order valence-electron chi connectivity index (χ0n) is 11.2. The van der Waals surface area contributed by atoms with E-state index in [9.17, 15) is 14.4 Å². The monoisotopic (exact) mass is 292 g/mol. The highest BCUT2D eigenvalue weighted by Gasteiger charge is 2.19. The molecule has 0 spiro atoms. The zero-order chi connectivity index (χ0) is 15.8. The summed E-state index contributed by atoms with van der Waals surface area (Å²) >= 11 is 0. The van der Waals surface area contributed by atoms with Crippen LogP contribution in [0.1, 0.15) is 18.4 Å². The van der Waals surface area contributed by atoms with Crippen molar-refractivity contribution in [1.29, 1.82) is 0 Å². The standard InChI is InChI=1S/C14H16N2O5/c15-12(18)7-6-11(14(20)21)16-13(19)8-3-9-1-4-10(17)5-2-9/h1-5,8,11,17H,6-7H2,(H2,15,18)(H,16,19)(H,20,21)/b8-3+/t11-/m1/s1. The first-order chi connectivity index (χ1) is 9.88. The first-order valence-corrected chi connectivity index (χ1v) is 6.17. The topological polar surface area (TPSA) is 130 Å². The van der Waals surface area contributed by atoms with Gasteiger partial charge in [0.05, 0.1) is 0 Å². The molecule has 112 valence electrons. The summed E-state index contributed by atoms with van der Waals surface area (Å²) in [6.45, 7) is 0. The average Bonchev–Trinajstić information content (AvgIpc) is 2.42. The largest absolute Gasteiger partial charge is 0.508 e. The molecule has 5 N–H and O–H groups in total. The number of rotatable bonds is 7. The molecule has 1 aromatic carbocycles. The summed E-state index contributed by atoms with van der Waals surface area (Å²) in [7, 11) is 0. The van der Waals surface area contributed by atoms with Gasteiger partial charge in [-0.25, -0.2) is 4.79 Å². The van der Waals surface area contributed by atoms with Crippen LogP contribution in [-0.4, -0.2) is 34.0 Å². The van der Waals surface area contributed by atoms with Gasteiger partial charge in [-0.2, -0.15) is 0 Å². The second-order valence-electron chi connectivity index (χ2n) is 4.33. The molecule has 0 saturated carbocycles. The highest BCUT2D eigenvalue weighted by atomic mass is 16.4. The third-order valence-corrected chi connectivity index (χ3v) is 2.61. The number of nitrogens with one attached hydrogen (secondary N) is 1. The molecule has 0 heterocycles. The van der Waals surface area contributed by atoms with Gasteiger partial charge in [-0.3, -0.25) is 9.59 Å². The van der Waals surface area contributed by atoms with Gasteiger partial charge in [0.1, 0.15) is 11.8 Å². The number of hydrogen-bond acceptors (Lipinski definition) is 4. The van der Waals surface area contributed by atoms with Crippen LogP contribution in [0.15, 0.2) is 30.3 Å². The normalized spacial score (nSPS) is 12.0. The van der Waals surface area contributed by atoms with E-state index in [1.807, 2.05) is 0 Å². The lowest BCUT2D eigenvalue weighted by molar-refractivity contribution is -0.141. The fourth-order valence-electron chi connectivity index (χ4n) is 1.52. The fourth-order valence-corrected chi connectivity index (χ4v) is 1.52. The number of nitrogens with two attached hydrogens (primary N) is 1. The van der Waals surface area contributed by atoms with E-state index in [4.69, 9.17) is 15.9 Å². The maximum atomic E-state index is 11.6. The van der Waals surface area contributed by atoms with Crippen LogP contribution in [-0.2, 0) is 14.4 Å². The van der Waals surface area contributed by atoms with Crippen LogP contribution in [0, 0.1) is 0 Å². The number of aromatic hydroxyl groups is 1. The third-order valence-electron chi connectivity index (χ3n) is 2.61. The molecule has 0 aliphatic heterocycles. The molecular weight excluding hydrogens is 276 g/mol. The first-order valence-electron chi connectivity index (χ1n) is 6.17. The highest BCUT2D eigenvalue weighted by Crippen LogP contribution is 2.10. The Morgan fingerprint density at radius 3 is 2.38 bits per heavy atom. The number of phenols is 1. The second kappa shape index (κ2) is 7.68. The van der Waals surface area contributed by atoms with Gasteiger partial charge in [0, 0.05) is 12.5 Å². The molecule has 1 atom stereocenters. The van der Waals surface area contributed by atoms with E-state index in [2.05, 4.69) is 5.32 Å². The predicted molar refractivity (Wildman–Crippen MR) is 75.1 cm³/mol. The molecule has 0 unspecified atom stereocenters. The van der Waals surface area contributed by atoms with E-state index in [0.29, 0.717) is 5.56 Å². The smallest absolute Gasteiger partial charge is 0.326 e. The molecule has 21 heavy (non-hydrogen) atoms. The van der Waals surface area contributed by atoms with Crippen LogP contribution in [0.25, 0.3) is 6.08 Å². The van der Waals surface area contributed by atoms with E-state index < -0.39 is 23.8 Å². The molecule has 0 aliphatic rings. The molecule has 0 aromatic heterocycles. The molecule has 0 radical (unpaired) electrons. The minimum absolute atomic E-state index is 0.0660. The van der Waals surface area contributed by atoms with Crippen molar-refractivity contribution < 1.29 is 24.6 Å². The highest BCUT2D eigenvalue weighted by molar-refractivity contribution is 5.94. The molecule has 1 rings (SSSR count). The minimum Gasteiger partial charge on any atom is -0.508 e. The Morgan fingerprint density at radius 1 is 1.24 bits per heavy atom. The number of carbonyl (C=O) groups excluding carboxylic acids is 2. The van der Waals surface area contributed by atoms with Crippen LogP contribution in [0.5, 0.6) is 5.75 Å². The van der Waals surface area contributed by atoms with Gasteiger partial charge >= 0.3 is 5.97 Å². The Morgan fingerprint density at radius 2 is 1.86 bits per heavy atom. The van der Waals surface area contributed by atoms with Crippen LogP contribution in [0.3, 0.4) is 0 Å². The van der Waals surface area contributed by atoms with Gasteiger partial charge in [0.15, 0.2) is 0 Å². The number of hydrogen-bond donors (Lipinski definition) is 4. The number of aliphatic carboxylic acids is 1. The third kappa shape index (κ3) is 6.24. The van der Waals surface area contributed by atoms with E-state index >= 15 is 0 Å². The lowest BCUT2D eigenvalue weighted by Crippen LogP contribution is -2.40. The molecule has 0 aliphatic carbocycles. The van der Waals surface area contributed by atoms with Crippen molar-refractivity contribution in [3.63, 3.8) is 0 Å². The van der Waals surface area contributed by atoms with E-state index in [-0.39, 0.29) is 18.6 Å². The van der Waals surface area contributed by atoms with Crippen molar-refractivity contribution in [2.45, 2.75) is 18.9 Å². The van der Waals surface area contributed by atoms with Gasteiger partial charge in [-0.05, 0) is 30.2 Å². The van der Waals surface area contributed by atoms with Crippen LogP contribution in [0.2, 0.25) is 0 Å². The Kier molecular flexibility index (Phi) is 5.94. The molecule has 7 heteroatoms. The first kappa shape index (κ1) is 16.2. The minimum atomic E-state index is -1.23. The molecule has 2 amide bonds. The van der Waals surface area contributed by atoms with Crippen molar-refractivity contribution in [2.24, 2.45) is 5.73 Å². The van der Waals surface area contributed by atoms with E-state index in [1.54, 1.807) is 12.1 Å². The van der Waals surface area contributed by atoms with Crippen LogP contribution >= 0.6 is 0 Å². The number of phenolic OH excluding ortho intramolecular Hbond substituents is 1. The van der Waals surface area contributed by atoms with E-state index in [0.717, 1.165) is 0 Å². The summed E-state index contributed by atoms with van der Waals surface area (Å²) < 4.78 is 0. The summed E-state index contributed by atoms with van der Waals surface area (Å²) in [6.07, 6.45) is 2.46. The van der Waals surface area contributed by atoms with Gasteiger partial charge in [-0.15, -0.1) is 0 Å². The van der Waals surface area contributed by atoms with Crippen LogP contribution in [0.4, 0.5) is 0 Å². The Hall–Kier alpha value is -2.83. The second-order valence-corrected chi connectivity index (χ2v) is 4.33. The van der Waals surface area contributed by atoms with Crippen molar-refractivity contribution >= 4 is 23.9 Å². The summed E-state index contributed by atoms with van der Waals surface area (Å²) in [5.41, 5.74) is 5.61. The van der Waals surface area contributed by atoms with Gasteiger partial charge in [-0.1, -0.05) is 12.1 Å². The van der Waals surface area contributed by atoms with Crippen molar-refractivity contribution in [3.8, 4) is 5.75 Å². The van der Waals surface area contributed by atoms with Gasteiger partial charge < -0.3 is 21.3 Å². The molecule has 0 fully saturated rings. The number of carbonyl (C=O) groups is 3. The Bertz CT molecular complexity index is 551. The van der Waals surface area contributed by atoms with Gasteiger partial charge in [0.2, 0.25) is 11.8 Å². The number of carboxylic acid groups (broad SMARTS) is 1. The van der Waals surface area contributed by atoms with Crippen molar-refractivity contribution in [1.82, 2.24) is 5.32 Å². The molecule has 0 saturated heterocycles. The SMILES string of the molecule is NC(=O)CC[C@@H](NC(=O)/C=C/c1ccc(O)cc1)C(=O)O. The molecule has 1 aromatic rings. The Labute approximate surface area is 121 Å². The maximum Gasteiger partial charge on any atom is 0.326 e. The van der Waals surface area contributed by atoms with Gasteiger partial charge in [0.25, 0.3) is 0 Å².